The molecule has 1 rings (SSSR count). The summed E-state index contributed by atoms with van der Waals surface area (Å²) in [5.74, 6) is 0. The highest BCUT2D eigenvalue weighted by molar-refractivity contribution is 6.29. The quantitative estimate of drug-likeness (QED) is 0.601. The Morgan fingerprint density at radius 3 is 3.00 bits per heavy atom. The molecule has 1 aromatic heterocycles. The third kappa shape index (κ3) is 1.17. The van der Waals surface area contributed by atoms with E-state index in [1.807, 2.05) is 0 Å². The molecular formula is C5H7ClN4. The summed E-state index contributed by atoms with van der Waals surface area (Å²) >= 11 is 5.52. The first kappa shape index (κ1) is 7.24. The van der Waals surface area contributed by atoms with Crippen LogP contribution in [0.25, 0.3) is 0 Å². The molecule has 0 aromatic carbocycles. The average molecular weight is 159 g/mol. The predicted molar refractivity (Wildman–Crippen MR) is 37.3 cm³/mol. The van der Waals surface area contributed by atoms with E-state index in [0.29, 0.717) is 0 Å². The van der Waals surface area contributed by atoms with Crippen molar-refractivity contribution in [2.45, 2.75) is 6.67 Å². The van der Waals surface area contributed by atoms with E-state index in [2.05, 4.69) is 4.98 Å². The third-order valence-electron chi connectivity index (χ3n) is 1.11. The average Bonchev–Trinajstić information content (AvgIpc) is 1.95. The van der Waals surface area contributed by atoms with Crippen LogP contribution in [0.2, 0.25) is 5.15 Å². The lowest BCUT2D eigenvalue weighted by Crippen LogP contribution is -2.24. The molecule has 0 aliphatic heterocycles. The highest BCUT2D eigenvalue weighted by Gasteiger charge is 1.93. The van der Waals surface area contributed by atoms with Gasteiger partial charge >= 0.3 is 0 Å². The lowest BCUT2D eigenvalue weighted by atomic mass is 10.7. The maximum atomic E-state index is 7.28. The van der Waals surface area contributed by atoms with Gasteiger partial charge in [0, 0.05) is 12.4 Å². The fourth-order valence-corrected chi connectivity index (χ4v) is 0.750. The summed E-state index contributed by atoms with van der Waals surface area (Å²) in [4.78, 5) is 3.69. The standard InChI is InChI=1S/C5H7ClN4/c6-4-5(8)10(3-7)2-1-9-4/h1-2,8H,3,7H2. The predicted octanol–water partition coefficient (Wildman–Crippen LogP) is -0.0678. The van der Waals surface area contributed by atoms with Crippen molar-refractivity contribution in [3.8, 4) is 0 Å². The molecule has 0 atom stereocenters. The maximum Gasteiger partial charge on any atom is 0.171 e. The van der Waals surface area contributed by atoms with Crippen molar-refractivity contribution >= 4 is 11.6 Å². The molecular weight excluding hydrogens is 152 g/mol. The normalized spacial score (nSPS) is 9.80. The van der Waals surface area contributed by atoms with Gasteiger partial charge in [0.1, 0.15) is 0 Å². The lowest BCUT2D eigenvalue weighted by Gasteiger charge is -2.00. The Hall–Kier alpha value is -0.870. The van der Waals surface area contributed by atoms with E-state index >= 15 is 0 Å². The molecule has 0 spiro atoms. The Kier molecular flexibility index (Phi) is 2.03. The molecule has 5 heteroatoms. The van der Waals surface area contributed by atoms with Crippen LogP contribution in [0.5, 0.6) is 0 Å². The summed E-state index contributed by atoms with van der Waals surface area (Å²) in [6.45, 7) is 0.251. The highest BCUT2D eigenvalue weighted by atomic mass is 35.5. The van der Waals surface area contributed by atoms with Gasteiger partial charge in [-0.05, 0) is 0 Å². The first-order valence-corrected chi connectivity index (χ1v) is 3.09. The van der Waals surface area contributed by atoms with Crippen molar-refractivity contribution in [1.29, 1.82) is 5.41 Å². The first-order chi connectivity index (χ1) is 4.75. The maximum absolute atomic E-state index is 7.28. The molecule has 0 saturated carbocycles. The van der Waals surface area contributed by atoms with Crippen LogP contribution in [0, 0.1) is 5.41 Å². The largest absolute Gasteiger partial charge is 0.316 e. The van der Waals surface area contributed by atoms with Gasteiger partial charge in [-0.3, -0.25) is 5.41 Å². The summed E-state index contributed by atoms with van der Waals surface area (Å²) in [7, 11) is 0. The Bertz CT molecular complexity index is 279. The van der Waals surface area contributed by atoms with Crippen molar-refractivity contribution in [2.75, 3.05) is 0 Å². The van der Waals surface area contributed by atoms with Crippen LogP contribution in [-0.4, -0.2) is 9.55 Å². The highest BCUT2D eigenvalue weighted by Crippen LogP contribution is 1.91. The minimum Gasteiger partial charge on any atom is -0.316 e. The molecule has 0 amide bonds. The molecule has 0 bridgehead atoms. The molecule has 0 aliphatic carbocycles. The van der Waals surface area contributed by atoms with Gasteiger partial charge in [-0.25, -0.2) is 4.98 Å². The smallest absolute Gasteiger partial charge is 0.171 e. The second kappa shape index (κ2) is 2.81. The minimum absolute atomic E-state index is 0.145. The van der Waals surface area contributed by atoms with Gasteiger partial charge in [0.15, 0.2) is 10.6 Å². The van der Waals surface area contributed by atoms with Crippen LogP contribution >= 0.6 is 11.6 Å². The lowest BCUT2D eigenvalue weighted by molar-refractivity contribution is 0.670. The zero-order valence-corrected chi connectivity index (χ0v) is 5.97. The van der Waals surface area contributed by atoms with E-state index in [0.717, 1.165) is 0 Å². The molecule has 0 radical (unpaired) electrons. The molecule has 0 aliphatic rings. The van der Waals surface area contributed by atoms with E-state index in [9.17, 15) is 0 Å². The summed E-state index contributed by atoms with van der Waals surface area (Å²) in [5.41, 5.74) is 5.42. The van der Waals surface area contributed by atoms with Crippen LogP contribution in [0.1, 0.15) is 0 Å². The van der Waals surface area contributed by atoms with Gasteiger partial charge in [0.05, 0.1) is 6.67 Å². The molecule has 0 unspecified atom stereocenters. The van der Waals surface area contributed by atoms with Gasteiger partial charge < -0.3 is 10.3 Å². The van der Waals surface area contributed by atoms with Gasteiger partial charge in [-0.2, -0.15) is 0 Å². The number of hydrogen-bond donors (Lipinski definition) is 2. The van der Waals surface area contributed by atoms with Gasteiger partial charge in [-0.1, -0.05) is 11.6 Å². The van der Waals surface area contributed by atoms with E-state index in [1.54, 1.807) is 6.20 Å². The number of nitrogens with two attached hydrogens (primary N) is 1. The summed E-state index contributed by atoms with van der Waals surface area (Å²) in [5, 5.41) is 7.46. The molecule has 0 saturated heterocycles. The number of hydrogen-bond acceptors (Lipinski definition) is 3. The molecule has 4 nitrogen and oxygen atoms in total. The molecule has 1 heterocycles. The fraction of sp³-hybridized carbons (Fsp3) is 0.200. The SMILES string of the molecule is N=c1c(Cl)nccn1CN. The molecule has 0 fully saturated rings. The summed E-state index contributed by atoms with van der Waals surface area (Å²) in [6, 6.07) is 0. The number of rotatable bonds is 1. The van der Waals surface area contributed by atoms with Crippen LogP contribution in [-0.2, 0) is 6.67 Å². The van der Waals surface area contributed by atoms with Gasteiger partial charge in [0.2, 0.25) is 0 Å². The van der Waals surface area contributed by atoms with E-state index in [-0.39, 0.29) is 17.3 Å². The zero-order chi connectivity index (χ0) is 7.56. The van der Waals surface area contributed by atoms with E-state index in [1.165, 1.54) is 10.8 Å². The number of halogens is 1. The van der Waals surface area contributed by atoms with E-state index in [4.69, 9.17) is 22.7 Å². The van der Waals surface area contributed by atoms with Crippen LogP contribution in [0.3, 0.4) is 0 Å². The number of nitrogens with zero attached hydrogens (tertiary/aromatic N) is 2. The zero-order valence-electron chi connectivity index (χ0n) is 5.21. The second-order valence-corrected chi connectivity index (χ2v) is 2.08. The molecule has 54 valence electrons. The van der Waals surface area contributed by atoms with Crippen molar-refractivity contribution in [1.82, 2.24) is 9.55 Å². The summed E-state index contributed by atoms with van der Waals surface area (Å²) < 4.78 is 1.50. The Labute approximate surface area is 62.8 Å². The van der Waals surface area contributed by atoms with Gasteiger partial charge in [-0.15, -0.1) is 0 Å². The Balaban J connectivity index is 3.28. The van der Waals surface area contributed by atoms with Gasteiger partial charge in [0.25, 0.3) is 0 Å². The van der Waals surface area contributed by atoms with E-state index < -0.39 is 0 Å². The number of nitrogens with one attached hydrogen (secondary N) is 1. The van der Waals surface area contributed by atoms with Crippen molar-refractivity contribution < 1.29 is 0 Å². The topological polar surface area (TPSA) is 67.7 Å². The Morgan fingerprint density at radius 2 is 2.50 bits per heavy atom. The van der Waals surface area contributed by atoms with Crippen molar-refractivity contribution in [3.05, 3.63) is 23.0 Å². The monoisotopic (exact) mass is 158 g/mol. The van der Waals surface area contributed by atoms with Crippen LogP contribution in [0.15, 0.2) is 12.4 Å². The fourth-order valence-electron chi connectivity index (χ4n) is 0.586. The second-order valence-electron chi connectivity index (χ2n) is 1.72. The molecule has 3 N–H and O–H groups in total. The molecule has 1 aromatic rings. The number of aromatic nitrogens is 2. The van der Waals surface area contributed by atoms with Crippen LogP contribution in [0.4, 0.5) is 0 Å². The third-order valence-corrected chi connectivity index (χ3v) is 1.39. The first-order valence-electron chi connectivity index (χ1n) is 2.71. The minimum atomic E-state index is 0.145. The molecule has 10 heavy (non-hydrogen) atoms. The van der Waals surface area contributed by atoms with Crippen molar-refractivity contribution in [3.63, 3.8) is 0 Å². The van der Waals surface area contributed by atoms with Crippen LogP contribution < -0.4 is 11.2 Å². The Morgan fingerprint density at radius 1 is 1.80 bits per heavy atom. The summed E-state index contributed by atoms with van der Waals surface area (Å²) in [6.07, 6.45) is 3.11. The van der Waals surface area contributed by atoms with Crippen molar-refractivity contribution in [2.24, 2.45) is 5.73 Å².